The van der Waals surface area contributed by atoms with Crippen LogP contribution in [0.2, 0.25) is 0 Å². The average Bonchev–Trinajstić information content (AvgIpc) is 3.59. The molecule has 0 unspecified atom stereocenters. The standard InChI is InChI=1S/C22H26N8O9S3/c1-29-20(26-27-28-29)41-9-10-8-40-19-22(38-2,18(36)30(19)15(10)17(34)35)25-14(31)5-11-3-4-12(42-11)6-24-21(37)39-7-13(23)16(32)33/h3-4,13,19H,5-9,23H2,1-2H3,(H,24,37)(H,25,31)(H,32,33)(H,34,35)/t13-,19-,22+/m1/s1. The molecule has 17 nitrogen and oxygen atoms in total. The van der Waals surface area contributed by atoms with Gasteiger partial charge in [0, 0.05) is 35.4 Å². The van der Waals surface area contributed by atoms with Gasteiger partial charge in [-0.1, -0.05) is 11.8 Å². The van der Waals surface area contributed by atoms with Crippen LogP contribution in [0.1, 0.15) is 9.75 Å². The predicted octanol–water partition coefficient (Wildman–Crippen LogP) is -1.04. The Balaban J connectivity index is 1.35. The minimum absolute atomic E-state index is 0.0691. The number of hydrogen-bond donors (Lipinski definition) is 5. The summed E-state index contributed by atoms with van der Waals surface area (Å²) >= 11 is 3.74. The summed E-state index contributed by atoms with van der Waals surface area (Å²) in [7, 11) is 2.92. The second-order valence-corrected chi connectivity index (χ2v) is 12.2. The molecule has 2 aliphatic rings. The highest BCUT2D eigenvalue weighted by molar-refractivity contribution is 8.01. The van der Waals surface area contributed by atoms with Gasteiger partial charge in [0.15, 0.2) is 0 Å². The zero-order valence-electron chi connectivity index (χ0n) is 22.1. The van der Waals surface area contributed by atoms with Crippen molar-refractivity contribution in [3.63, 3.8) is 0 Å². The van der Waals surface area contributed by atoms with Gasteiger partial charge < -0.3 is 36.1 Å². The maximum atomic E-state index is 13.3. The van der Waals surface area contributed by atoms with Gasteiger partial charge in [0.2, 0.25) is 11.1 Å². The Morgan fingerprint density at radius 3 is 2.67 bits per heavy atom. The Kier molecular flexibility index (Phi) is 9.71. The number of carboxylic acid groups (broad SMARTS) is 2. The molecule has 2 aromatic heterocycles. The molecule has 0 aliphatic carbocycles. The number of aromatic nitrogens is 4. The number of thiophene rings is 1. The van der Waals surface area contributed by atoms with Crippen LogP contribution < -0.4 is 16.4 Å². The lowest BCUT2D eigenvalue weighted by molar-refractivity contribution is -0.192. The monoisotopic (exact) mass is 642 g/mol. The van der Waals surface area contributed by atoms with Crippen molar-refractivity contribution in [2.45, 2.75) is 35.3 Å². The molecular weight excluding hydrogens is 616 g/mol. The molecule has 1 saturated heterocycles. The van der Waals surface area contributed by atoms with Crippen LogP contribution in [-0.4, -0.2) is 108 Å². The summed E-state index contributed by atoms with van der Waals surface area (Å²) < 4.78 is 11.7. The van der Waals surface area contributed by atoms with Gasteiger partial charge >= 0.3 is 18.0 Å². The van der Waals surface area contributed by atoms with Crippen molar-refractivity contribution in [2.24, 2.45) is 12.8 Å². The lowest BCUT2D eigenvalue weighted by atomic mass is 9.98. The maximum Gasteiger partial charge on any atom is 0.407 e. The molecule has 2 aliphatic heterocycles. The molecule has 20 heteroatoms. The molecule has 0 spiro atoms. The number of carbonyl (C=O) groups excluding carboxylic acids is 3. The second-order valence-electron chi connectivity index (χ2n) is 8.90. The molecule has 1 fully saturated rings. The van der Waals surface area contributed by atoms with E-state index in [4.69, 9.17) is 20.3 Å². The number of thioether (sulfide) groups is 2. The number of aliphatic carboxylic acids is 2. The van der Waals surface area contributed by atoms with E-state index in [1.807, 2.05) is 0 Å². The average molecular weight is 643 g/mol. The smallest absolute Gasteiger partial charge is 0.407 e. The summed E-state index contributed by atoms with van der Waals surface area (Å²) in [6, 6.07) is 2.04. The number of β-lactam (4-membered cyclic amide) rings is 1. The highest BCUT2D eigenvalue weighted by Gasteiger charge is 2.66. The summed E-state index contributed by atoms with van der Waals surface area (Å²) in [5.74, 6) is -3.27. The summed E-state index contributed by atoms with van der Waals surface area (Å²) in [6.07, 6.45) is -0.949. The van der Waals surface area contributed by atoms with Crippen molar-refractivity contribution < 1.29 is 43.7 Å². The number of methoxy groups -OCH3 is 1. The van der Waals surface area contributed by atoms with E-state index in [-0.39, 0.29) is 30.2 Å². The molecule has 4 rings (SSSR count). The fraction of sp³-hybridized carbons (Fsp3) is 0.455. The summed E-state index contributed by atoms with van der Waals surface area (Å²) in [4.78, 5) is 63.3. The Hall–Kier alpha value is -3.72. The summed E-state index contributed by atoms with van der Waals surface area (Å²) in [5.41, 5.74) is 3.89. The third-order valence-corrected chi connectivity index (χ3v) is 9.64. The molecule has 4 heterocycles. The van der Waals surface area contributed by atoms with Crippen molar-refractivity contribution in [1.82, 2.24) is 35.7 Å². The first-order chi connectivity index (χ1) is 20.0. The normalized spacial score (nSPS) is 20.4. The molecule has 6 N–H and O–H groups in total. The molecule has 0 saturated carbocycles. The molecule has 3 amide bonds. The number of amides is 3. The number of alkyl carbamates (subject to hydrolysis) is 1. The van der Waals surface area contributed by atoms with Crippen molar-refractivity contribution in [3.05, 3.63) is 33.2 Å². The SMILES string of the molecule is CO[C@@]1(NC(=O)Cc2ccc(CNC(=O)OC[C@@H](N)C(=O)O)s2)C(=O)N2C(C(=O)O)=C(CSc3nnnn3C)CS[C@@H]21. The molecule has 3 atom stereocenters. The van der Waals surface area contributed by atoms with E-state index in [2.05, 4.69) is 26.2 Å². The predicted molar refractivity (Wildman–Crippen MR) is 147 cm³/mol. The van der Waals surface area contributed by atoms with Crippen molar-refractivity contribution in [2.75, 3.05) is 25.2 Å². The van der Waals surface area contributed by atoms with E-state index in [0.29, 0.717) is 20.5 Å². The van der Waals surface area contributed by atoms with Gasteiger partial charge in [0.05, 0.1) is 13.0 Å². The van der Waals surface area contributed by atoms with Crippen molar-refractivity contribution in [3.8, 4) is 0 Å². The van der Waals surface area contributed by atoms with E-state index in [9.17, 15) is 29.1 Å². The fourth-order valence-corrected chi connectivity index (χ4v) is 7.40. The molecular formula is C22H26N8O9S3. The molecule has 2 aromatic rings. The highest BCUT2D eigenvalue weighted by atomic mass is 32.2. The van der Waals surface area contributed by atoms with Gasteiger partial charge in [-0.3, -0.25) is 19.3 Å². The van der Waals surface area contributed by atoms with Crippen LogP contribution in [0.25, 0.3) is 0 Å². The Labute approximate surface area is 250 Å². The third kappa shape index (κ3) is 6.51. The highest BCUT2D eigenvalue weighted by Crippen LogP contribution is 2.47. The number of aryl methyl sites for hydroxylation is 1. The van der Waals surface area contributed by atoms with Crippen LogP contribution >= 0.6 is 34.9 Å². The summed E-state index contributed by atoms with van der Waals surface area (Å²) in [5, 5.41) is 34.6. The number of tetrazole rings is 1. The van der Waals surface area contributed by atoms with E-state index in [1.54, 1.807) is 19.2 Å². The van der Waals surface area contributed by atoms with Crippen molar-refractivity contribution >= 4 is 64.7 Å². The number of rotatable bonds is 13. The van der Waals surface area contributed by atoms with Crippen LogP contribution in [0.3, 0.4) is 0 Å². The van der Waals surface area contributed by atoms with Gasteiger partial charge in [-0.2, -0.15) is 0 Å². The molecule has 226 valence electrons. The van der Waals surface area contributed by atoms with Gasteiger partial charge in [0.1, 0.15) is 23.7 Å². The lowest BCUT2D eigenvalue weighted by Gasteiger charge is -2.55. The minimum atomic E-state index is -1.74. The van der Waals surface area contributed by atoms with E-state index < -0.39 is 53.6 Å². The first kappa shape index (κ1) is 31.2. The number of hydrogen-bond acceptors (Lipinski definition) is 14. The van der Waals surface area contributed by atoms with Crippen LogP contribution in [0.4, 0.5) is 4.79 Å². The summed E-state index contributed by atoms with van der Waals surface area (Å²) in [6.45, 7) is -0.419. The maximum absolute atomic E-state index is 13.3. The lowest BCUT2D eigenvalue weighted by Crippen LogP contribution is -2.80. The first-order valence-corrected chi connectivity index (χ1v) is 14.9. The van der Waals surface area contributed by atoms with Gasteiger partial charge in [-0.15, -0.1) is 28.2 Å². The van der Waals surface area contributed by atoms with E-state index in [0.717, 1.165) is 4.90 Å². The Morgan fingerprint density at radius 2 is 2.02 bits per heavy atom. The van der Waals surface area contributed by atoms with Crippen LogP contribution in [0, 0.1) is 0 Å². The largest absolute Gasteiger partial charge is 0.480 e. The fourth-order valence-electron chi connectivity index (χ4n) is 4.02. The number of nitrogens with zero attached hydrogens (tertiary/aromatic N) is 5. The Morgan fingerprint density at radius 1 is 1.29 bits per heavy atom. The number of carboxylic acids is 2. The van der Waals surface area contributed by atoms with Crippen LogP contribution in [-0.2, 0) is 48.7 Å². The molecule has 0 bridgehead atoms. The zero-order valence-corrected chi connectivity index (χ0v) is 24.6. The molecule has 0 aromatic carbocycles. The number of carbonyl (C=O) groups is 5. The number of fused-ring (bicyclic) bond motifs is 1. The first-order valence-electron chi connectivity index (χ1n) is 12.0. The van der Waals surface area contributed by atoms with Crippen LogP contribution in [0.15, 0.2) is 28.6 Å². The molecule has 42 heavy (non-hydrogen) atoms. The van der Waals surface area contributed by atoms with E-state index >= 15 is 0 Å². The number of nitrogens with one attached hydrogen (secondary N) is 2. The third-order valence-electron chi connectivity index (χ3n) is 6.09. The quantitative estimate of drug-likeness (QED) is 0.0995. The minimum Gasteiger partial charge on any atom is -0.480 e. The second kappa shape index (κ2) is 13.1. The molecule has 0 radical (unpaired) electrons. The van der Waals surface area contributed by atoms with Crippen molar-refractivity contribution in [1.29, 1.82) is 0 Å². The Bertz CT molecular complexity index is 1430. The van der Waals surface area contributed by atoms with Crippen LogP contribution in [0.5, 0.6) is 0 Å². The van der Waals surface area contributed by atoms with Gasteiger partial charge in [-0.05, 0) is 28.1 Å². The van der Waals surface area contributed by atoms with E-state index in [1.165, 1.54) is 46.7 Å². The topological polar surface area (TPSA) is 241 Å². The van der Waals surface area contributed by atoms with Gasteiger partial charge in [0.25, 0.3) is 11.6 Å². The van der Waals surface area contributed by atoms with Gasteiger partial charge in [-0.25, -0.2) is 14.3 Å². The zero-order chi connectivity index (χ0) is 30.6. The number of ether oxygens (including phenoxy) is 2. The number of nitrogens with two attached hydrogens (primary N) is 1.